The highest BCUT2D eigenvalue weighted by molar-refractivity contribution is 5.65. The van der Waals surface area contributed by atoms with Crippen LogP contribution in [0.4, 0.5) is 0 Å². The van der Waals surface area contributed by atoms with Crippen LogP contribution in [0.25, 0.3) is 5.65 Å². The van der Waals surface area contributed by atoms with E-state index in [1.54, 1.807) is 13.0 Å². The molecule has 0 aliphatic carbocycles. The Balaban J connectivity index is 2.41. The van der Waals surface area contributed by atoms with Crippen molar-refractivity contribution in [2.75, 3.05) is 0 Å². The Labute approximate surface area is 90.4 Å². The Morgan fingerprint density at radius 1 is 1.56 bits per heavy atom. The average Bonchev–Trinajstić information content (AvgIpc) is 2.56. The first-order chi connectivity index (χ1) is 7.56. The van der Waals surface area contributed by atoms with Gasteiger partial charge in [-0.1, -0.05) is 0 Å². The lowest BCUT2D eigenvalue weighted by Crippen LogP contribution is -2.14. The summed E-state index contributed by atoms with van der Waals surface area (Å²) in [6.45, 7) is 3.01. The van der Waals surface area contributed by atoms with E-state index < -0.39 is 5.97 Å². The Kier molecular flexibility index (Phi) is 2.47. The van der Waals surface area contributed by atoms with Gasteiger partial charge in [0.1, 0.15) is 12.4 Å². The number of carbonyl (C=O) groups is 1. The second-order valence-electron chi connectivity index (χ2n) is 3.36. The van der Waals surface area contributed by atoms with Gasteiger partial charge in [-0.15, -0.1) is 4.57 Å². The predicted molar refractivity (Wildman–Crippen MR) is 53.9 cm³/mol. The summed E-state index contributed by atoms with van der Waals surface area (Å²) in [5.41, 5.74) is 0.480. The van der Waals surface area contributed by atoms with Crippen LogP contribution in [0.1, 0.15) is 18.4 Å². The molecule has 0 spiro atoms. The SMILES string of the molecule is CC(=O)OCc1cc(=O)n2oc(C)cc2n1. The molecule has 6 nitrogen and oxygen atoms in total. The maximum Gasteiger partial charge on any atom is 0.303 e. The second-order valence-corrected chi connectivity index (χ2v) is 3.36. The van der Waals surface area contributed by atoms with Gasteiger partial charge in [-0.05, 0) is 6.92 Å². The van der Waals surface area contributed by atoms with Crippen LogP contribution >= 0.6 is 0 Å². The summed E-state index contributed by atoms with van der Waals surface area (Å²) in [7, 11) is 0. The number of esters is 1. The van der Waals surface area contributed by atoms with Crippen LogP contribution in [0.15, 0.2) is 21.5 Å². The van der Waals surface area contributed by atoms with Crippen molar-refractivity contribution in [3.63, 3.8) is 0 Å². The summed E-state index contributed by atoms with van der Waals surface area (Å²) < 4.78 is 11.0. The highest BCUT2D eigenvalue weighted by Gasteiger charge is 2.07. The molecule has 2 aromatic heterocycles. The van der Waals surface area contributed by atoms with Gasteiger partial charge in [-0.25, -0.2) is 4.98 Å². The van der Waals surface area contributed by atoms with Gasteiger partial charge < -0.3 is 9.26 Å². The average molecular weight is 222 g/mol. The van der Waals surface area contributed by atoms with Gasteiger partial charge >= 0.3 is 5.97 Å². The van der Waals surface area contributed by atoms with Crippen molar-refractivity contribution in [1.82, 2.24) is 9.56 Å². The van der Waals surface area contributed by atoms with E-state index in [4.69, 9.17) is 9.26 Å². The number of carbonyl (C=O) groups excluding carboxylic acids is 1. The van der Waals surface area contributed by atoms with E-state index >= 15 is 0 Å². The van der Waals surface area contributed by atoms with E-state index in [0.717, 1.165) is 4.57 Å². The lowest BCUT2D eigenvalue weighted by Gasteiger charge is -2.00. The Hall–Kier alpha value is -2.11. The second kappa shape index (κ2) is 3.80. The number of hydrogen-bond acceptors (Lipinski definition) is 5. The topological polar surface area (TPSA) is 73.8 Å². The van der Waals surface area contributed by atoms with E-state index in [1.165, 1.54) is 13.0 Å². The van der Waals surface area contributed by atoms with Gasteiger partial charge in [0.15, 0.2) is 5.65 Å². The van der Waals surface area contributed by atoms with Crippen LogP contribution in [0, 0.1) is 6.92 Å². The van der Waals surface area contributed by atoms with E-state index in [0.29, 0.717) is 17.1 Å². The molecule has 0 bridgehead atoms. The molecule has 0 N–H and O–H groups in total. The summed E-state index contributed by atoms with van der Waals surface area (Å²) in [4.78, 5) is 26.3. The largest absolute Gasteiger partial charge is 0.459 e. The van der Waals surface area contributed by atoms with Crippen molar-refractivity contribution in [3.05, 3.63) is 33.9 Å². The van der Waals surface area contributed by atoms with Crippen LogP contribution in [0.5, 0.6) is 0 Å². The molecule has 0 aliphatic heterocycles. The van der Waals surface area contributed by atoms with E-state index in [-0.39, 0.29) is 12.2 Å². The van der Waals surface area contributed by atoms with Crippen molar-refractivity contribution in [2.24, 2.45) is 0 Å². The third-order valence-corrected chi connectivity index (χ3v) is 1.95. The number of aromatic nitrogens is 2. The Morgan fingerprint density at radius 3 is 3.00 bits per heavy atom. The molecule has 0 aromatic carbocycles. The Morgan fingerprint density at radius 2 is 2.31 bits per heavy atom. The normalized spacial score (nSPS) is 10.6. The first-order valence-corrected chi connectivity index (χ1v) is 4.69. The van der Waals surface area contributed by atoms with E-state index in [1.807, 2.05) is 0 Å². The number of ether oxygens (including phenoxy) is 1. The maximum atomic E-state index is 11.5. The van der Waals surface area contributed by atoms with Crippen LogP contribution in [0.2, 0.25) is 0 Å². The van der Waals surface area contributed by atoms with Crippen molar-refractivity contribution >= 4 is 11.6 Å². The molecule has 16 heavy (non-hydrogen) atoms. The molecule has 2 rings (SSSR count). The zero-order valence-corrected chi connectivity index (χ0v) is 8.89. The van der Waals surface area contributed by atoms with Gasteiger partial charge in [0.2, 0.25) is 0 Å². The number of fused-ring (bicyclic) bond motifs is 1. The van der Waals surface area contributed by atoms with Crippen molar-refractivity contribution in [3.8, 4) is 0 Å². The molecule has 0 fully saturated rings. The monoisotopic (exact) mass is 222 g/mol. The molecule has 0 atom stereocenters. The molecule has 0 unspecified atom stereocenters. The van der Waals surface area contributed by atoms with Crippen molar-refractivity contribution < 1.29 is 14.1 Å². The molecular weight excluding hydrogens is 212 g/mol. The minimum Gasteiger partial charge on any atom is -0.459 e. The number of rotatable bonds is 2. The zero-order chi connectivity index (χ0) is 11.7. The lowest BCUT2D eigenvalue weighted by atomic mass is 10.4. The molecule has 2 heterocycles. The molecule has 84 valence electrons. The molecular formula is C10H10N2O4. The summed E-state index contributed by atoms with van der Waals surface area (Å²) in [6.07, 6.45) is 0. The van der Waals surface area contributed by atoms with E-state index in [2.05, 4.69) is 4.98 Å². The smallest absolute Gasteiger partial charge is 0.303 e. The summed E-state index contributed by atoms with van der Waals surface area (Å²) >= 11 is 0. The quantitative estimate of drug-likeness (QED) is 0.698. The molecule has 6 heteroatoms. The molecule has 2 aromatic rings. The first-order valence-electron chi connectivity index (χ1n) is 4.69. The van der Waals surface area contributed by atoms with Gasteiger partial charge in [-0.3, -0.25) is 9.59 Å². The molecule has 0 aliphatic rings. The first kappa shape index (κ1) is 10.4. The van der Waals surface area contributed by atoms with Gasteiger partial charge in [0.25, 0.3) is 5.56 Å². The number of aryl methyl sites for hydroxylation is 1. The maximum absolute atomic E-state index is 11.5. The van der Waals surface area contributed by atoms with Crippen LogP contribution in [-0.2, 0) is 16.1 Å². The van der Waals surface area contributed by atoms with Crippen LogP contribution in [-0.4, -0.2) is 15.5 Å². The lowest BCUT2D eigenvalue weighted by molar-refractivity contribution is -0.142. The van der Waals surface area contributed by atoms with E-state index in [9.17, 15) is 9.59 Å². The minimum atomic E-state index is -0.412. The van der Waals surface area contributed by atoms with Gasteiger partial charge in [-0.2, -0.15) is 0 Å². The predicted octanol–water partition coefficient (Wildman–Crippen LogP) is 0.659. The third-order valence-electron chi connectivity index (χ3n) is 1.95. The summed E-state index contributed by atoms with van der Waals surface area (Å²) in [6, 6.07) is 2.91. The third kappa shape index (κ3) is 1.95. The zero-order valence-electron chi connectivity index (χ0n) is 8.89. The molecule has 0 amide bonds. The molecule has 0 radical (unpaired) electrons. The fourth-order valence-corrected chi connectivity index (χ4v) is 1.32. The van der Waals surface area contributed by atoms with Gasteiger partial charge in [0.05, 0.1) is 5.69 Å². The van der Waals surface area contributed by atoms with Crippen LogP contribution < -0.4 is 5.56 Å². The number of hydrogen-bond donors (Lipinski definition) is 0. The van der Waals surface area contributed by atoms with Crippen LogP contribution in [0.3, 0.4) is 0 Å². The standard InChI is InChI=1S/C10H10N2O4/c1-6-3-9-11-8(5-15-7(2)13)4-10(14)12(9)16-6/h3-4H,5H2,1-2H3. The van der Waals surface area contributed by atoms with Crippen molar-refractivity contribution in [2.45, 2.75) is 20.5 Å². The highest BCUT2D eigenvalue weighted by atomic mass is 16.5. The Bertz CT molecular complexity index is 596. The van der Waals surface area contributed by atoms with Crippen molar-refractivity contribution in [1.29, 1.82) is 0 Å². The fourth-order valence-electron chi connectivity index (χ4n) is 1.32. The summed E-state index contributed by atoms with van der Waals surface area (Å²) in [5, 5.41) is 0. The highest BCUT2D eigenvalue weighted by Crippen LogP contribution is 2.05. The molecule has 0 saturated carbocycles. The summed E-state index contributed by atoms with van der Waals surface area (Å²) in [5.74, 6) is 0.180. The minimum absolute atomic E-state index is 0.00863. The number of nitrogens with zero attached hydrogens (tertiary/aromatic N) is 2. The van der Waals surface area contributed by atoms with Gasteiger partial charge in [0, 0.05) is 19.1 Å². The molecule has 0 saturated heterocycles. The fraction of sp³-hybridized carbons (Fsp3) is 0.300.